The van der Waals surface area contributed by atoms with Crippen molar-refractivity contribution < 1.29 is 25.2 Å². The van der Waals surface area contributed by atoms with Gasteiger partial charge in [0.25, 0.3) is 0 Å². The zero-order chi connectivity index (χ0) is 15.2. The summed E-state index contributed by atoms with van der Waals surface area (Å²) in [6, 6.07) is 10.7. The van der Waals surface area contributed by atoms with Crippen molar-refractivity contribution >= 4 is 11.8 Å². The van der Waals surface area contributed by atoms with Crippen LogP contribution in [0.25, 0.3) is 0 Å². The van der Waals surface area contributed by atoms with Gasteiger partial charge < -0.3 is 25.2 Å². The standard InChI is InChI=1S/C15H16O5S/c16-10-1-4-13(5-2-10)21-9-12(18)8-20-15-6-3-11(17)7-14(15)19/h1-7,12,16-19H,8-9H2. The Morgan fingerprint density at radius 3 is 2.29 bits per heavy atom. The molecule has 112 valence electrons. The molecular weight excluding hydrogens is 292 g/mol. The van der Waals surface area contributed by atoms with Crippen LogP contribution in [0.1, 0.15) is 0 Å². The lowest BCUT2D eigenvalue weighted by atomic mass is 10.3. The number of benzene rings is 2. The second-order valence-electron chi connectivity index (χ2n) is 4.42. The number of aromatic hydroxyl groups is 3. The predicted molar refractivity (Wildman–Crippen MR) is 80.1 cm³/mol. The van der Waals surface area contributed by atoms with Crippen LogP contribution in [0.5, 0.6) is 23.0 Å². The van der Waals surface area contributed by atoms with Crippen LogP contribution in [0.3, 0.4) is 0 Å². The highest BCUT2D eigenvalue weighted by molar-refractivity contribution is 7.99. The summed E-state index contributed by atoms with van der Waals surface area (Å²) in [5.74, 6) is 0.605. The highest BCUT2D eigenvalue weighted by atomic mass is 32.2. The van der Waals surface area contributed by atoms with E-state index in [1.807, 2.05) is 0 Å². The summed E-state index contributed by atoms with van der Waals surface area (Å²) in [6.07, 6.45) is -0.711. The largest absolute Gasteiger partial charge is 0.508 e. The minimum atomic E-state index is -0.711. The van der Waals surface area contributed by atoms with Gasteiger partial charge in [-0.05, 0) is 36.4 Å². The maximum atomic E-state index is 9.85. The summed E-state index contributed by atoms with van der Waals surface area (Å²) < 4.78 is 5.30. The van der Waals surface area contributed by atoms with E-state index in [-0.39, 0.29) is 29.6 Å². The normalized spacial score (nSPS) is 12.0. The minimum absolute atomic E-state index is 0.0312. The van der Waals surface area contributed by atoms with Crippen molar-refractivity contribution in [1.82, 2.24) is 0 Å². The number of aliphatic hydroxyl groups excluding tert-OH is 1. The molecule has 0 aliphatic rings. The molecule has 2 aromatic rings. The molecule has 0 aliphatic carbocycles. The quantitative estimate of drug-likeness (QED) is 0.612. The molecule has 0 aromatic heterocycles. The topological polar surface area (TPSA) is 90.2 Å². The second kappa shape index (κ2) is 7.10. The summed E-state index contributed by atoms with van der Waals surface area (Å²) in [5.41, 5.74) is 0. The Balaban J connectivity index is 1.79. The van der Waals surface area contributed by atoms with Gasteiger partial charge in [0.1, 0.15) is 18.1 Å². The van der Waals surface area contributed by atoms with Gasteiger partial charge in [0.05, 0.1) is 6.10 Å². The maximum Gasteiger partial charge on any atom is 0.161 e. The number of phenols is 3. The molecule has 0 bridgehead atoms. The van der Waals surface area contributed by atoms with Gasteiger partial charge in [-0.1, -0.05) is 0 Å². The molecule has 0 heterocycles. The van der Waals surface area contributed by atoms with Crippen LogP contribution in [0, 0.1) is 0 Å². The first-order chi connectivity index (χ1) is 10.0. The Morgan fingerprint density at radius 2 is 1.62 bits per heavy atom. The van der Waals surface area contributed by atoms with Crippen LogP contribution in [0.4, 0.5) is 0 Å². The lowest BCUT2D eigenvalue weighted by molar-refractivity contribution is 0.124. The van der Waals surface area contributed by atoms with Crippen LogP contribution in [0.15, 0.2) is 47.4 Å². The summed E-state index contributed by atoms with van der Waals surface area (Å²) in [7, 11) is 0. The molecule has 0 amide bonds. The Bertz CT molecular complexity index is 585. The van der Waals surface area contributed by atoms with Gasteiger partial charge in [0, 0.05) is 16.7 Å². The van der Waals surface area contributed by atoms with Gasteiger partial charge in [-0.15, -0.1) is 11.8 Å². The van der Waals surface area contributed by atoms with E-state index in [1.165, 1.54) is 30.0 Å². The van der Waals surface area contributed by atoms with Gasteiger partial charge in [0.15, 0.2) is 11.5 Å². The number of aliphatic hydroxyl groups is 1. The zero-order valence-electron chi connectivity index (χ0n) is 11.1. The fraction of sp³-hybridized carbons (Fsp3) is 0.200. The average Bonchev–Trinajstić information content (AvgIpc) is 2.46. The summed E-state index contributed by atoms with van der Waals surface area (Å²) in [5, 5.41) is 37.7. The fourth-order valence-electron chi connectivity index (χ4n) is 1.60. The Hall–Kier alpha value is -2.05. The summed E-state index contributed by atoms with van der Waals surface area (Å²) in [4.78, 5) is 0.930. The predicted octanol–water partition coefficient (Wildman–Crippen LogP) is 2.34. The van der Waals surface area contributed by atoms with Crippen LogP contribution in [-0.2, 0) is 0 Å². The highest BCUT2D eigenvalue weighted by Gasteiger charge is 2.09. The molecule has 0 radical (unpaired) electrons. The number of thioether (sulfide) groups is 1. The lowest BCUT2D eigenvalue weighted by Crippen LogP contribution is -2.20. The molecule has 21 heavy (non-hydrogen) atoms. The Kier molecular flexibility index (Phi) is 5.19. The molecule has 0 saturated heterocycles. The van der Waals surface area contributed by atoms with Gasteiger partial charge >= 0.3 is 0 Å². The zero-order valence-corrected chi connectivity index (χ0v) is 12.0. The summed E-state index contributed by atoms with van der Waals surface area (Å²) in [6.45, 7) is 0.0312. The first-order valence-corrected chi connectivity index (χ1v) is 7.28. The van der Waals surface area contributed by atoms with E-state index in [9.17, 15) is 10.2 Å². The summed E-state index contributed by atoms with van der Waals surface area (Å²) >= 11 is 1.44. The molecular formula is C15H16O5S. The average molecular weight is 308 g/mol. The van der Waals surface area contributed by atoms with Crippen molar-refractivity contribution in [3.05, 3.63) is 42.5 Å². The van der Waals surface area contributed by atoms with Crippen LogP contribution >= 0.6 is 11.8 Å². The Labute approximate surface area is 126 Å². The third kappa shape index (κ3) is 4.77. The third-order valence-corrected chi connectivity index (χ3v) is 3.81. The number of ether oxygens (including phenoxy) is 1. The van der Waals surface area contributed by atoms with E-state index in [4.69, 9.17) is 14.9 Å². The van der Waals surface area contributed by atoms with Crippen molar-refractivity contribution in [3.63, 3.8) is 0 Å². The van der Waals surface area contributed by atoms with Crippen molar-refractivity contribution in [3.8, 4) is 23.0 Å². The third-order valence-electron chi connectivity index (χ3n) is 2.65. The molecule has 0 spiro atoms. The molecule has 1 unspecified atom stereocenters. The van der Waals surface area contributed by atoms with Gasteiger partial charge in [-0.2, -0.15) is 0 Å². The van der Waals surface area contributed by atoms with Crippen molar-refractivity contribution in [2.24, 2.45) is 0 Å². The molecule has 5 nitrogen and oxygen atoms in total. The van der Waals surface area contributed by atoms with Crippen molar-refractivity contribution in [1.29, 1.82) is 0 Å². The second-order valence-corrected chi connectivity index (χ2v) is 5.52. The van der Waals surface area contributed by atoms with E-state index in [2.05, 4.69) is 0 Å². The molecule has 4 N–H and O–H groups in total. The molecule has 2 rings (SSSR count). The smallest absolute Gasteiger partial charge is 0.161 e. The number of rotatable bonds is 6. The highest BCUT2D eigenvalue weighted by Crippen LogP contribution is 2.29. The molecule has 0 aliphatic heterocycles. The minimum Gasteiger partial charge on any atom is -0.508 e. The van der Waals surface area contributed by atoms with Crippen molar-refractivity contribution in [2.45, 2.75) is 11.0 Å². The van der Waals surface area contributed by atoms with E-state index >= 15 is 0 Å². The molecule has 0 fully saturated rings. The van der Waals surface area contributed by atoms with Crippen molar-refractivity contribution in [2.75, 3.05) is 12.4 Å². The maximum absolute atomic E-state index is 9.85. The van der Waals surface area contributed by atoms with Crippen LogP contribution in [-0.4, -0.2) is 38.9 Å². The van der Waals surface area contributed by atoms with E-state index in [0.717, 1.165) is 4.90 Å². The van der Waals surface area contributed by atoms with Gasteiger partial charge in [-0.3, -0.25) is 0 Å². The lowest BCUT2D eigenvalue weighted by Gasteiger charge is -2.13. The number of hydrogen-bond acceptors (Lipinski definition) is 6. The molecule has 2 aromatic carbocycles. The van der Waals surface area contributed by atoms with Gasteiger partial charge in [-0.25, -0.2) is 0 Å². The monoisotopic (exact) mass is 308 g/mol. The SMILES string of the molecule is Oc1ccc(SCC(O)COc2ccc(O)cc2O)cc1. The van der Waals surface area contributed by atoms with Gasteiger partial charge in [0.2, 0.25) is 0 Å². The first kappa shape index (κ1) is 15.3. The first-order valence-electron chi connectivity index (χ1n) is 6.29. The van der Waals surface area contributed by atoms with E-state index in [0.29, 0.717) is 5.75 Å². The van der Waals surface area contributed by atoms with E-state index < -0.39 is 6.10 Å². The van der Waals surface area contributed by atoms with E-state index in [1.54, 1.807) is 24.3 Å². The molecule has 1 atom stereocenters. The molecule has 0 saturated carbocycles. The van der Waals surface area contributed by atoms with Crippen LogP contribution < -0.4 is 4.74 Å². The number of phenolic OH excluding ortho intramolecular Hbond substituents is 3. The Morgan fingerprint density at radius 1 is 0.952 bits per heavy atom. The molecule has 6 heteroatoms. The fourth-order valence-corrected chi connectivity index (χ4v) is 2.41. The van der Waals surface area contributed by atoms with Crippen LogP contribution in [0.2, 0.25) is 0 Å². The number of hydrogen-bond donors (Lipinski definition) is 4.